The summed E-state index contributed by atoms with van der Waals surface area (Å²) >= 11 is 0. The van der Waals surface area contributed by atoms with Gasteiger partial charge in [0.15, 0.2) is 0 Å². The molecule has 17 heavy (non-hydrogen) atoms. The highest BCUT2D eigenvalue weighted by Gasteiger charge is 2.25. The van der Waals surface area contributed by atoms with Crippen molar-refractivity contribution in [2.45, 2.75) is 38.8 Å². The molecule has 0 aromatic heterocycles. The molecule has 0 bridgehead atoms. The quantitative estimate of drug-likeness (QED) is 0.849. The van der Waals surface area contributed by atoms with Crippen LogP contribution in [-0.2, 0) is 0 Å². The van der Waals surface area contributed by atoms with Crippen LogP contribution in [0.25, 0.3) is 0 Å². The van der Waals surface area contributed by atoms with Crippen molar-refractivity contribution in [2.24, 2.45) is 0 Å². The number of hydrogen-bond donors (Lipinski definition) is 1. The van der Waals surface area contributed by atoms with Crippen LogP contribution in [0.4, 0.5) is 10.1 Å². The largest absolute Gasteiger partial charge is 0.368 e. The molecule has 2 atom stereocenters. The smallest absolute Gasteiger partial charge is 0.128 e. The van der Waals surface area contributed by atoms with E-state index in [1.165, 1.54) is 6.07 Å². The maximum absolute atomic E-state index is 13.6. The molecule has 2 unspecified atom stereocenters. The number of nitrogens with zero attached hydrogens (tertiary/aromatic N) is 1. The van der Waals surface area contributed by atoms with Crippen LogP contribution in [0.2, 0.25) is 0 Å². The van der Waals surface area contributed by atoms with Gasteiger partial charge in [0, 0.05) is 29.9 Å². The Morgan fingerprint density at radius 1 is 1.41 bits per heavy atom. The van der Waals surface area contributed by atoms with Crippen molar-refractivity contribution in [2.75, 3.05) is 18.5 Å². The normalized spacial score (nSPS) is 25.1. The van der Waals surface area contributed by atoms with Gasteiger partial charge in [0.05, 0.1) is 0 Å². The average molecular weight is 236 g/mol. The molecule has 1 aliphatic heterocycles. The fraction of sp³-hybridized carbons (Fsp3) is 0.571. The molecule has 1 aliphatic rings. The van der Waals surface area contributed by atoms with Crippen molar-refractivity contribution in [1.82, 2.24) is 5.32 Å². The summed E-state index contributed by atoms with van der Waals surface area (Å²) in [7, 11) is 2.01. The molecule has 3 heteroatoms. The molecule has 0 amide bonds. The minimum Gasteiger partial charge on any atom is -0.368 e. The molecule has 0 spiro atoms. The van der Waals surface area contributed by atoms with Crippen LogP contribution in [0.1, 0.15) is 25.3 Å². The van der Waals surface area contributed by atoms with E-state index in [2.05, 4.69) is 17.1 Å². The minimum absolute atomic E-state index is 0.106. The van der Waals surface area contributed by atoms with Gasteiger partial charge < -0.3 is 10.2 Å². The molecule has 94 valence electrons. The van der Waals surface area contributed by atoms with Crippen molar-refractivity contribution in [3.8, 4) is 0 Å². The Kier molecular flexibility index (Phi) is 3.67. The lowest BCUT2D eigenvalue weighted by Crippen LogP contribution is -2.47. The van der Waals surface area contributed by atoms with Crippen molar-refractivity contribution in [3.63, 3.8) is 0 Å². The third-order valence-electron chi connectivity index (χ3n) is 3.83. The van der Waals surface area contributed by atoms with E-state index < -0.39 is 0 Å². The molecule has 0 aliphatic carbocycles. The molecule has 1 fully saturated rings. The van der Waals surface area contributed by atoms with Crippen molar-refractivity contribution >= 4 is 5.69 Å². The first-order valence-corrected chi connectivity index (χ1v) is 6.32. The van der Waals surface area contributed by atoms with Gasteiger partial charge in [0.25, 0.3) is 0 Å². The molecule has 0 radical (unpaired) electrons. The molecule has 0 saturated carbocycles. The summed E-state index contributed by atoms with van der Waals surface area (Å²) < 4.78 is 13.6. The number of piperidine rings is 1. The third kappa shape index (κ3) is 2.44. The first kappa shape index (κ1) is 12.4. The van der Waals surface area contributed by atoms with Gasteiger partial charge in [-0.05, 0) is 45.9 Å². The topological polar surface area (TPSA) is 15.3 Å². The summed E-state index contributed by atoms with van der Waals surface area (Å²) in [5.41, 5.74) is 1.81. The maximum Gasteiger partial charge on any atom is 0.128 e. The zero-order chi connectivity index (χ0) is 12.4. The van der Waals surface area contributed by atoms with E-state index in [0.29, 0.717) is 12.1 Å². The highest BCUT2D eigenvalue weighted by atomic mass is 19.1. The Labute approximate surface area is 103 Å². The standard InChI is InChI=1S/C14H21FN2/c1-10-9-12(16-3)7-8-17(10)14-6-4-5-13(15)11(14)2/h4-6,10,12,16H,7-9H2,1-3H3. The van der Waals surface area contributed by atoms with Crippen LogP contribution in [0.15, 0.2) is 18.2 Å². The van der Waals surface area contributed by atoms with E-state index in [9.17, 15) is 4.39 Å². The molecular formula is C14H21FN2. The van der Waals surface area contributed by atoms with Gasteiger partial charge in [-0.15, -0.1) is 0 Å². The van der Waals surface area contributed by atoms with Crippen molar-refractivity contribution in [1.29, 1.82) is 0 Å². The van der Waals surface area contributed by atoms with E-state index in [-0.39, 0.29) is 5.82 Å². The molecule has 1 heterocycles. The van der Waals surface area contributed by atoms with E-state index in [1.807, 2.05) is 20.0 Å². The van der Waals surface area contributed by atoms with E-state index >= 15 is 0 Å². The zero-order valence-corrected chi connectivity index (χ0v) is 10.8. The maximum atomic E-state index is 13.6. The van der Waals surface area contributed by atoms with Crippen LogP contribution in [0.3, 0.4) is 0 Å². The lowest BCUT2D eigenvalue weighted by Gasteiger charge is -2.40. The van der Waals surface area contributed by atoms with Crippen molar-refractivity contribution < 1.29 is 4.39 Å². The Morgan fingerprint density at radius 3 is 2.82 bits per heavy atom. The van der Waals surface area contributed by atoms with E-state index in [0.717, 1.165) is 30.6 Å². The minimum atomic E-state index is -0.106. The summed E-state index contributed by atoms with van der Waals surface area (Å²) in [5, 5.41) is 3.33. The highest BCUT2D eigenvalue weighted by molar-refractivity contribution is 5.54. The van der Waals surface area contributed by atoms with Crippen LogP contribution in [0, 0.1) is 12.7 Å². The van der Waals surface area contributed by atoms with Gasteiger partial charge in [0.2, 0.25) is 0 Å². The SMILES string of the molecule is CNC1CCN(c2cccc(F)c2C)C(C)C1. The Hall–Kier alpha value is -1.09. The third-order valence-corrected chi connectivity index (χ3v) is 3.83. The second-order valence-electron chi connectivity index (χ2n) is 4.94. The first-order chi connectivity index (χ1) is 8.13. The summed E-state index contributed by atoms with van der Waals surface area (Å²) in [4.78, 5) is 2.33. The highest BCUT2D eigenvalue weighted by Crippen LogP contribution is 2.28. The van der Waals surface area contributed by atoms with Gasteiger partial charge >= 0.3 is 0 Å². The number of nitrogens with one attached hydrogen (secondary N) is 1. The summed E-state index contributed by atoms with van der Waals surface area (Å²) in [6, 6.07) is 6.41. The van der Waals surface area contributed by atoms with Gasteiger partial charge in [-0.2, -0.15) is 0 Å². The first-order valence-electron chi connectivity index (χ1n) is 6.32. The van der Waals surface area contributed by atoms with Crippen LogP contribution >= 0.6 is 0 Å². The Bertz CT molecular complexity index is 392. The summed E-state index contributed by atoms with van der Waals surface area (Å²) in [6.45, 7) is 5.08. The van der Waals surface area contributed by atoms with Crippen molar-refractivity contribution in [3.05, 3.63) is 29.6 Å². The molecule has 1 aromatic rings. The summed E-state index contributed by atoms with van der Waals surface area (Å²) in [5.74, 6) is -0.106. The molecular weight excluding hydrogens is 215 g/mol. The van der Waals surface area contributed by atoms with Gasteiger partial charge in [-0.1, -0.05) is 6.07 Å². The van der Waals surface area contributed by atoms with Gasteiger partial charge in [-0.25, -0.2) is 4.39 Å². The lowest BCUT2D eigenvalue weighted by atomic mass is 9.97. The lowest BCUT2D eigenvalue weighted by molar-refractivity contribution is 0.386. The fourth-order valence-electron chi connectivity index (χ4n) is 2.70. The number of benzene rings is 1. The van der Waals surface area contributed by atoms with E-state index in [1.54, 1.807) is 6.07 Å². The van der Waals surface area contributed by atoms with Gasteiger partial charge in [-0.3, -0.25) is 0 Å². The molecule has 1 saturated heterocycles. The fourth-order valence-corrected chi connectivity index (χ4v) is 2.70. The predicted octanol–water partition coefficient (Wildman–Crippen LogP) is 2.71. The molecule has 1 N–H and O–H groups in total. The number of halogens is 1. The number of anilines is 1. The monoisotopic (exact) mass is 236 g/mol. The number of rotatable bonds is 2. The molecule has 1 aromatic carbocycles. The van der Waals surface area contributed by atoms with Crippen LogP contribution < -0.4 is 10.2 Å². The number of hydrogen-bond acceptors (Lipinski definition) is 2. The Balaban J connectivity index is 2.20. The average Bonchev–Trinajstić information content (AvgIpc) is 2.33. The molecule has 2 rings (SSSR count). The van der Waals surface area contributed by atoms with Crippen LogP contribution in [-0.4, -0.2) is 25.7 Å². The van der Waals surface area contributed by atoms with Crippen LogP contribution in [0.5, 0.6) is 0 Å². The second-order valence-corrected chi connectivity index (χ2v) is 4.94. The Morgan fingerprint density at radius 2 is 2.18 bits per heavy atom. The summed E-state index contributed by atoms with van der Waals surface area (Å²) in [6.07, 6.45) is 2.24. The molecule has 2 nitrogen and oxygen atoms in total. The second kappa shape index (κ2) is 5.05. The predicted molar refractivity (Wildman–Crippen MR) is 70.0 cm³/mol. The zero-order valence-electron chi connectivity index (χ0n) is 10.8. The van der Waals surface area contributed by atoms with Gasteiger partial charge in [0.1, 0.15) is 5.82 Å². The van der Waals surface area contributed by atoms with E-state index in [4.69, 9.17) is 0 Å².